The summed E-state index contributed by atoms with van der Waals surface area (Å²) in [6.07, 6.45) is 7.68. The fourth-order valence-electron chi connectivity index (χ4n) is 6.21. The van der Waals surface area contributed by atoms with Crippen molar-refractivity contribution in [2.75, 3.05) is 31.6 Å². The van der Waals surface area contributed by atoms with Gasteiger partial charge in [-0.15, -0.1) is 0 Å². The van der Waals surface area contributed by atoms with E-state index in [1.807, 2.05) is 30.0 Å². The maximum atomic E-state index is 12.7. The molecular weight excluding hydrogens is 508 g/mol. The van der Waals surface area contributed by atoms with E-state index in [-0.39, 0.29) is 29.8 Å². The van der Waals surface area contributed by atoms with Gasteiger partial charge in [0, 0.05) is 61.8 Å². The van der Waals surface area contributed by atoms with Crippen molar-refractivity contribution in [3.63, 3.8) is 0 Å². The number of fused-ring (bicyclic) bond motifs is 2. The van der Waals surface area contributed by atoms with Gasteiger partial charge in [-0.1, -0.05) is 0 Å². The van der Waals surface area contributed by atoms with E-state index in [1.165, 1.54) is 5.56 Å². The number of esters is 1. The molecule has 1 N–H and O–H groups in total. The van der Waals surface area contributed by atoms with Gasteiger partial charge in [-0.05, 0) is 62.4 Å². The van der Waals surface area contributed by atoms with E-state index in [0.29, 0.717) is 44.4 Å². The topological polar surface area (TPSA) is 111 Å². The number of hydrogen-bond acceptors (Lipinski definition) is 8. The van der Waals surface area contributed by atoms with Crippen molar-refractivity contribution in [3.05, 3.63) is 47.4 Å². The number of hydrogen-bond donors (Lipinski definition) is 1. The summed E-state index contributed by atoms with van der Waals surface area (Å²) in [6, 6.07) is 8.18. The summed E-state index contributed by atoms with van der Waals surface area (Å²) in [5.74, 6) is 3.03. The minimum Gasteiger partial charge on any atom is -0.493 e. The maximum Gasteiger partial charge on any atom is 0.309 e. The lowest BCUT2D eigenvalue weighted by atomic mass is 10.1. The number of nitrogens with one attached hydrogen (secondary N) is 1. The summed E-state index contributed by atoms with van der Waals surface area (Å²) in [7, 11) is 0. The average Bonchev–Trinajstić information content (AvgIpc) is 3.40. The second-order valence-electron chi connectivity index (χ2n) is 11.2. The number of anilines is 1. The lowest BCUT2D eigenvalue weighted by molar-refractivity contribution is -0.147. The molecule has 0 bridgehead atoms. The van der Waals surface area contributed by atoms with Crippen LogP contribution in [0.1, 0.15) is 49.6 Å². The summed E-state index contributed by atoms with van der Waals surface area (Å²) >= 11 is 0. The number of carbonyl (C=O) groups excluding carboxylic acids is 2. The third kappa shape index (κ3) is 4.69. The van der Waals surface area contributed by atoms with Gasteiger partial charge in [0.15, 0.2) is 0 Å². The zero-order valence-corrected chi connectivity index (χ0v) is 22.8. The first kappa shape index (κ1) is 25.0. The maximum absolute atomic E-state index is 12.7. The minimum atomic E-state index is -0.247. The molecule has 1 aromatic carbocycles. The van der Waals surface area contributed by atoms with Crippen LogP contribution in [0.25, 0.3) is 17.2 Å². The third-order valence-corrected chi connectivity index (χ3v) is 8.37. The Bertz CT molecular complexity index is 1460. The Morgan fingerprint density at radius 1 is 1.12 bits per heavy atom. The van der Waals surface area contributed by atoms with Crippen LogP contribution < -0.4 is 10.1 Å². The summed E-state index contributed by atoms with van der Waals surface area (Å²) in [5, 5.41) is 3.49. The van der Waals surface area contributed by atoms with Crippen LogP contribution >= 0.6 is 0 Å². The Hall–Kier alpha value is -3.95. The van der Waals surface area contributed by atoms with Gasteiger partial charge >= 0.3 is 5.97 Å². The van der Waals surface area contributed by atoms with Gasteiger partial charge in [-0.2, -0.15) is 4.98 Å². The fourth-order valence-corrected chi connectivity index (χ4v) is 6.21. The molecule has 10 heteroatoms. The number of benzene rings is 1. The molecule has 10 nitrogen and oxygen atoms in total. The average molecular weight is 543 g/mol. The largest absolute Gasteiger partial charge is 0.493 e. The van der Waals surface area contributed by atoms with E-state index < -0.39 is 0 Å². The van der Waals surface area contributed by atoms with Gasteiger partial charge in [0.2, 0.25) is 11.9 Å². The van der Waals surface area contributed by atoms with Crippen molar-refractivity contribution in [1.82, 2.24) is 24.4 Å². The molecule has 0 spiro atoms. The molecule has 1 amide bonds. The number of rotatable bonds is 7. The third-order valence-electron chi connectivity index (χ3n) is 8.37. The quantitative estimate of drug-likeness (QED) is 0.453. The summed E-state index contributed by atoms with van der Waals surface area (Å²) in [5.41, 5.74) is 4.04. The predicted octanol–water partition coefficient (Wildman–Crippen LogP) is 3.36. The molecule has 2 aliphatic carbocycles. The minimum absolute atomic E-state index is 0.101. The van der Waals surface area contributed by atoms with Gasteiger partial charge in [0.05, 0.1) is 24.8 Å². The van der Waals surface area contributed by atoms with Gasteiger partial charge in [-0.3, -0.25) is 14.2 Å². The van der Waals surface area contributed by atoms with Crippen LogP contribution in [0.3, 0.4) is 0 Å². The number of likely N-dealkylation sites (tertiary alicyclic amines) is 1. The normalized spacial score (nSPS) is 21.5. The fraction of sp³-hybridized carbons (Fsp3) is 0.500. The molecule has 4 aliphatic rings. The first-order chi connectivity index (χ1) is 19.6. The number of imidazole rings is 1. The van der Waals surface area contributed by atoms with Crippen LogP contribution in [0.2, 0.25) is 0 Å². The number of nitrogens with zero attached hydrogens (tertiary/aromatic N) is 5. The number of aromatic nitrogens is 4. The molecule has 40 heavy (non-hydrogen) atoms. The number of carbonyl (C=O) groups is 2. The lowest BCUT2D eigenvalue weighted by Gasteiger charge is -2.33. The molecule has 7 rings (SSSR count). The van der Waals surface area contributed by atoms with E-state index in [9.17, 15) is 9.59 Å². The number of amides is 1. The highest BCUT2D eigenvalue weighted by Gasteiger charge is 2.36. The summed E-state index contributed by atoms with van der Waals surface area (Å²) in [6.45, 7) is 4.38. The van der Waals surface area contributed by atoms with Gasteiger partial charge in [0.1, 0.15) is 17.4 Å². The molecule has 1 saturated carbocycles. The Morgan fingerprint density at radius 3 is 2.88 bits per heavy atom. The molecule has 3 aromatic rings. The Morgan fingerprint density at radius 2 is 2.02 bits per heavy atom. The van der Waals surface area contributed by atoms with Crippen molar-refractivity contribution in [3.8, 4) is 23.0 Å². The van der Waals surface area contributed by atoms with Crippen LogP contribution in [-0.2, 0) is 33.6 Å². The highest BCUT2D eigenvalue weighted by Crippen LogP contribution is 2.37. The van der Waals surface area contributed by atoms with Gasteiger partial charge in [-0.25, -0.2) is 9.97 Å². The van der Waals surface area contributed by atoms with E-state index in [4.69, 9.17) is 19.4 Å². The summed E-state index contributed by atoms with van der Waals surface area (Å²) < 4.78 is 13.1. The summed E-state index contributed by atoms with van der Waals surface area (Å²) in [4.78, 5) is 41.7. The van der Waals surface area contributed by atoms with Crippen molar-refractivity contribution in [2.24, 2.45) is 11.8 Å². The van der Waals surface area contributed by atoms with Gasteiger partial charge in [0.25, 0.3) is 0 Å². The molecule has 2 aromatic heterocycles. The smallest absolute Gasteiger partial charge is 0.309 e. The van der Waals surface area contributed by atoms with Crippen molar-refractivity contribution in [1.29, 1.82) is 0 Å². The molecule has 1 saturated heterocycles. The van der Waals surface area contributed by atoms with Crippen LogP contribution in [0.5, 0.6) is 5.75 Å². The monoisotopic (exact) mass is 542 g/mol. The number of ether oxygens (including phenoxy) is 2. The standard InChI is InChI=1S/C30H34N6O4/c1-2-39-29(38)21-15-23-24(16-21)36(27(33-23)20-7-8-25-19(14-20)10-13-40-25)26-9-11-31-30(34-26)32-22-4-3-12-35(17-22)28(37)18-5-6-18/h7-9,11,14,18,21-22H,2-6,10,12-13,15-17H2,1H3,(H,31,32,34)/t21?,22-/m1/s1. The zero-order chi connectivity index (χ0) is 27.2. The van der Waals surface area contributed by atoms with Crippen LogP contribution in [0.15, 0.2) is 30.5 Å². The molecule has 0 radical (unpaired) electrons. The highest BCUT2D eigenvalue weighted by molar-refractivity contribution is 5.81. The molecule has 1 unspecified atom stereocenters. The van der Waals surface area contributed by atoms with Crippen molar-refractivity contribution >= 4 is 17.8 Å². The number of piperidine rings is 1. The SMILES string of the molecule is CCOC(=O)C1Cc2nc(-c3ccc4c(c3)CCO4)n(-c3ccnc(N[C@@H]4CCCN(C(=O)C5CC5)C4)n3)c2C1. The second-order valence-corrected chi connectivity index (χ2v) is 11.2. The Kier molecular flexibility index (Phi) is 6.40. The lowest BCUT2D eigenvalue weighted by Crippen LogP contribution is -2.45. The Labute approximate surface area is 233 Å². The first-order valence-electron chi connectivity index (χ1n) is 14.5. The Balaban J connectivity index is 1.20. The van der Waals surface area contributed by atoms with Crippen molar-refractivity contribution in [2.45, 2.75) is 57.9 Å². The van der Waals surface area contributed by atoms with Gasteiger partial charge < -0.3 is 19.7 Å². The van der Waals surface area contributed by atoms with E-state index in [0.717, 1.165) is 67.2 Å². The van der Waals surface area contributed by atoms with Crippen LogP contribution in [0.4, 0.5) is 5.95 Å². The van der Waals surface area contributed by atoms with Crippen LogP contribution in [-0.4, -0.2) is 68.6 Å². The van der Waals surface area contributed by atoms with Crippen molar-refractivity contribution < 1.29 is 19.1 Å². The molecular formula is C30H34N6O4. The van der Waals surface area contributed by atoms with E-state index in [1.54, 1.807) is 6.20 Å². The zero-order valence-electron chi connectivity index (χ0n) is 22.8. The molecule has 2 atom stereocenters. The van der Waals surface area contributed by atoms with E-state index >= 15 is 0 Å². The highest BCUT2D eigenvalue weighted by atomic mass is 16.5. The van der Waals surface area contributed by atoms with Crippen LogP contribution in [0, 0.1) is 11.8 Å². The molecule has 4 heterocycles. The predicted molar refractivity (Wildman–Crippen MR) is 147 cm³/mol. The molecule has 208 valence electrons. The molecule has 2 fully saturated rings. The van der Waals surface area contributed by atoms with E-state index in [2.05, 4.69) is 20.9 Å². The molecule has 2 aliphatic heterocycles. The second kappa shape index (κ2) is 10.2. The first-order valence-corrected chi connectivity index (χ1v) is 14.5.